The van der Waals surface area contributed by atoms with Gasteiger partial charge >= 0.3 is 0 Å². The molecule has 0 saturated carbocycles. The van der Waals surface area contributed by atoms with Crippen molar-refractivity contribution in [3.8, 4) is 11.5 Å². The van der Waals surface area contributed by atoms with E-state index in [1.165, 1.54) is 30.3 Å². The predicted molar refractivity (Wildman–Crippen MR) is 87.7 cm³/mol. The van der Waals surface area contributed by atoms with E-state index in [9.17, 15) is 23.2 Å². The third kappa shape index (κ3) is 3.05. The molecule has 7 nitrogen and oxygen atoms in total. The first-order chi connectivity index (χ1) is 11.4. The number of hydrogen-bond acceptors (Lipinski definition) is 6. The SMILES string of the molecule is O=S(=O)(O)c1cccc2cccc(/N=N/c3ccc(O)cc3O)c12. The highest BCUT2D eigenvalue weighted by Gasteiger charge is 2.16. The number of aromatic hydroxyl groups is 2. The van der Waals surface area contributed by atoms with Gasteiger partial charge in [-0.3, -0.25) is 4.55 Å². The highest BCUT2D eigenvalue weighted by molar-refractivity contribution is 7.86. The minimum atomic E-state index is -4.43. The summed E-state index contributed by atoms with van der Waals surface area (Å²) in [5.41, 5.74) is 0.322. The second-order valence-electron chi connectivity index (χ2n) is 4.98. The van der Waals surface area contributed by atoms with Crippen LogP contribution in [-0.2, 0) is 10.1 Å². The van der Waals surface area contributed by atoms with Crippen molar-refractivity contribution in [3.05, 3.63) is 54.6 Å². The molecule has 0 atom stereocenters. The van der Waals surface area contributed by atoms with E-state index in [1.807, 2.05) is 0 Å². The first-order valence-corrected chi connectivity index (χ1v) is 8.23. The van der Waals surface area contributed by atoms with E-state index in [4.69, 9.17) is 0 Å². The Morgan fingerprint density at radius 3 is 2.17 bits per heavy atom. The normalized spacial score (nSPS) is 12.0. The molecule has 3 rings (SSSR count). The van der Waals surface area contributed by atoms with Gasteiger partial charge in [-0.1, -0.05) is 24.3 Å². The quantitative estimate of drug-likeness (QED) is 0.491. The number of nitrogens with zero attached hydrogens (tertiary/aromatic N) is 2. The maximum absolute atomic E-state index is 11.6. The molecule has 122 valence electrons. The van der Waals surface area contributed by atoms with E-state index in [-0.39, 0.29) is 33.2 Å². The van der Waals surface area contributed by atoms with Crippen LogP contribution >= 0.6 is 0 Å². The number of phenols is 2. The number of azo groups is 1. The molecular formula is C16H12N2O5S. The molecule has 0 aliphatic rings. The van der Waals surface area contributed by atoms with Gasteiger partial charge in [0, 0.05) is 11.5 Å². The molecule has 0 unspecified atom stereocenters. The highest BCUT2D eigenvalue weighted by Crippen LogP contribution is 2.35. The largest absolute Gasteiger partial charge is 0.508 e. The fraction of sp³-hybridized carbons (Fsp3) is 0. The highest BCUT2D eigenvalue weighted by atomic mass is 32.2. The first-order valence-electron chi connectivity index (χ1n) is 6.79. The lowest BCUT2D eigenvalue weighted by Gasteiger charge is -2.06. The van der Waals surface area contributed by atoms with Gasteiger partial charge in [0.2, 0.25) is 0 Å². The Hall–Kier alpha value is -2.97. The van der Waals surface area contributed by atoms with E-state index >= 15 is 0 Å². The van der Waals surface area contributed by atoms with Gasteiger partial charge in [0.1, 0.15) is 22.1 Å². The summed E-state index contributed by atoms with van der Waals surface area (Å²) >= 11 is 0. The minimum absolute atomic E-state index is 0.106. The maximum Gasteiger partial charge on any atom is 0.295 e. The number of hydrogen-bond donors (Lipinski definition) is 3. The van der Waals surface area contributed by atoms with Crippen molar-refractivity contribution in [3.63, 3.8) is 0 Å². The number of fused-ring (bicyclic) bond motifs is 1. The van der Waals surface area contributed by atoms with Crippen LogP contribution in [0.2, 0.25) is 0 Å². The third-order valence-corrected chi connectivity index (χ3v) is 4.24. The van der Waals surface area contributed by atoms with Crippen molar-refractivity contribution in [2.24, 2.45) is 10.2 Å². The zero-order valence-electron chi connectivity index (χ0n) is 12.2. The van der Waals surface area contributed by atoms with Crippen LogP contribution in [0, 0.1) is 0 Å². The summed E-state index contributed by atoms with van der Waals surface area (Å²) in [6.45, 7) is 0. The molecule has 0 aromatic heterocycles. The van der Waals surface area contributed by atoms with Crippen LogP contribution in [0.15, 0.2) is 69.7 Å². The van der Waals surface area contributed by atoms with Crippen LogP contribution in [-0.4, -0.2) is 23.2 Å². The molecule has 24 heavy (non-hydrogen) atoms. The average Bonchev–Trinajstić information content (AvgIpc) is 2.52. The monoisotopic (exact) mass is 344 g/mol. The number of phenolic OH excluding ortho intramolecular Hbond substituents is 2. The molecule has 3 aromatic rings. The molecular weight excluding hydrogens is 332 g/mol. The summed E-state index contributed by atoms with van der Waals surface area (Å²) in [7, 11) is -4.43. The summed E-state index contributed by atoms with van der Waals surface area (Å²) < 4.78 is 32.6. The van der Waals surface area contributed by atoms with Gasteiger partial charge in [-0.15, -0.1) is 10.2 Å². The fourth-order valence-electron chi connectivity index (χ4n) is 2.29. The van der Waals surface area contributed by atoms with Gasteiger partial charge in [-0.05, 0) is 29.7 Å². The van der Waals surface area contributed by atoms with Gasteiger partial charge in [0.15, 0.2) is 0 Å². The Morgan fingerprint density at radius 2 is 1.50 bits per heavy atom. The maximum atomic E-state index is 11.6. The van der Waals surface area contributed by atoms with Gasteiger partial charge in [-0.25, -0.2) is 0 Å². The number of benzene rings is 3. The Morgan fingerprint density at radius 1 is 0.833 bits per heavy atom. The van der Waals surface area contributed by atoms with Gasteiger partial charge in [-0.2, -0.15) is 8.42 Å². The third-order valence-electron chi connectivity index (χ3n) is 3.35. The van der Waals surface area contributed by atoms with Crippen molar-refractivity contribution in [1.29, 1.82) is 0 Å². The summed E-state index contributed by atoms with van der Waals surface area (Å²) in [5, 5.41) is 27.6. The molecule has 0 aliphatic carbocycles. The molecule has 0 saturated heterocycles. The predicted octanol–water partition coefficient (Wildman–Crippen LogP) is 3.91. The van der Waals surface area contributed by atoms with E-state index in [1.54, 1.807) is 18.2 Å². The molecule has 3 aromatic carbocycles. The van der Waals surface area contributed by atoms with Crippen molar-refractivity contribution in [2.75, 3.05) is 0 Å². The topological polar surface area (TPSA) is 120 Å². The molecule has 0 amide bonds. The summed E-state index contributed by atoms with van der Waals surface area (Å²) in [4.78, 5) is -0.274. The molecule has 0 aliphatic heterocycles. The Bertz CT molecular complexity index is 1060. The Balaban J connectivity index is 2.18. The van der Waals surface area contributed by atoms with Gasteiger partial charge in [0.25, 0.3) is 10.1 Å². The van der Waals surface area contributed by atoms with Crippen LogP contribution in [0.5, 0.6) is 11.5 Å². The molecule has 0 radical (unpaired) electrons. The van der Waals surface area contributed by atoms with Crippen molar-refractivity contribution >= 4 is 32.3 Å². The second-order valence-corrected chi connectivity index (χ2v) is 6.37. The molecule has 0 fully saturated rings. The molecule has 3 N–H and O–H groups in total. The van der Waals surface area contributed by atoms with Crippen molar-refractivity contribution in [2.45, 2.75) is 4.90 Å². The summed E-state index contributed by atoms with van der Waals surface area (Å²) in [5.74, 6) is -0.390. The average molecular weight is 344 g/mol. The standard InChI is InChI=1S/C16H12N2O5S/c19-11-7-8-12(14(20)9-11)17-18-13-5-1-3-10-4-2-6-15(16(10)13)24(21,22)23/h1-9,19-20H,(H,21,22,23)/b18-17+. The van der Waals surface area contributed by atoms with E-state index in [0.29, 0.717) is 5.39 Å². The molecule has 0 heterocycles. The molecule has 0 bridgehead atoms. The van der Waals surface area contributed by atoms with Crippen LogP contribution < -0.4 is 0 Å². The summed E-state index contributed by atoms with van der Waals surface area (Å²) in [6, 6.07) is 13.2. The zero-order chi connectivity index (χ0) is 17.3. The van der Waals surface area contributed by atoms with Crippen LogP contribution in [0.1, 0.15) is 0 Å². The number of rotatable bonds is 3. The van der Waals surface area contributed by atoms with E-state index < -0.39 is 10.1 Å². The Labute approximate surface area is 137 Å². The first kappa shape index (κ1) is 15.9. The van der Waals surface area contributed by atoms with E-state index in [0.717, 1.165) is 6.07 Å². The lowest BCUT2D eigenvalue weighted by Crippen LogP contribution is -1.98. The molecule has 8 heteroatoms. The fourth-order valence-corrected chi connectivity index (χ4v) is 3.02. The van der Waals surface area contributed by atoms with Crippen molar-refractivity contribution in [1.82, 2.24) is 0 Å². The smallest absolute Gasteiger partial charge is 0.295 e. The van der Waals surface area contributed by atoms with Gasteiger partial charge in [0.05, 0.1) is 5.69 Å². The molecule has 0 spiro atoms. The van der Waals surface area contributed by atoms with Gasteiger partial charge < -0.3 is 10.2 Å². The van der Waals surface area contributed by atoms with Crippen molar-refractivity contribution < 1.29 is 23.2 Å². The lowest BCUT2D eigenvalue weighted by atomic mass is 10.1. The summed E-state index contributed by atoms with van der Waals surface area (Å²) in [6.07, 6.45) is 0. The van der Waals surface area contributed by atoms with Crippen LogP contribution in [0.4, 0.5) is 11.4 Å². The second kappa shape index (κ2) is 5.91. The lowest BCUT2D eigenvalue weighted by molar-refractivity contribution is 0.451. The zero-order valence-corrected chi connectivity index (χ0v) is 13.0. The van der Waals surface area contributed by atoms with Crippen LogP contribution in [0.3, 0.4) is 0 Å². The van der Waals surface area contributed by atoms with E-state index in [2.05, 4.69) is 10.2 Å². The Kier molecular flexibility index (Phi) is 3.92. The van der Waals surface area contributed by atoms with Crippen LogP contribution in [0.25, 0.3) is 10.8 Å². The minimum Gasteiger partial charge on any atom is -0.508 e.